The van der Waals surface area contributed by atoms with Crippen molar-refractivity contribution < 1.29 is 9.59 Å². The first-order valence-corrected chi connectivity index (χ1v) is 5.64. The molecular weight excluding hydrogens is 240 g/mol. The molecule has 2 aliphatic rings. The van der Waals surface area contributed by atoms with E-state index in [9.17, 15) is 9.59 Å². The van der Waals surface area contributed by atoms with E-state index in [1.54, 1.807) is 24.4 Å². The van der Waals surface area contributed by atoms with Crippen LogP contribution in [0.4, 0.5) is 5.69 Å². The first kappa shape index (κ1) is 10.4. The van der Waals surface area contributed by atoms with Gasteiger partial charge in [-0.25, -0.2) is 0 Å². The Bertz CT molecular complexity index is 553. The summed E-state index contributed by atoms with van der Waals surface area (Å²) in [5, 5.41) is 3.23. The Labute approximate surface area is 103 Å². The number of nitrogens with zero attached hydrogens (tertiary/aromatic N) is 1. The third kappa shape index (κ3) is 1.52. The topological polar surface area (TPSA) is 49.4 Å². The summed E-state index contributed by atoms with van der Waals surface area (Å²) < 4.78 is 0. The zero-order valence-corrected chi connectivity index (χ0v) is 9.57. The maximum atomic E-state index is 12.2. The quantitative estimate of drug-likeness (QED) is 0.764. The molecule has 1 aromatic rings. The van der Waals surface area contributed by atoms with Gasteiger partial charge in [-0.1, -0.05) is 17.7 Å². The number of fused-ring (bicyclic) bond motifs is 2. The van der Waals surface area contributed by atoms with Crippen molar-refractivity contribution in [3.8, 4) is 0 Å². The predicted octanol–water partition coefficient (Wildman–Crippen LogP) is 2.02. The van der Waals surface area contributed by atoms with Gasteiger partial charge in [-0.3, -0.25) is 9.59 Å². The molecule has 0 saturated carbocycles. The normalized spacial score (nSPS) is 21.9. The number of halogens is 1. The Balaban J connectivity index is 2.15. The van der Waals surface area contributed by atoms with Crippen LogP contribution in [-0.4, -0.2) is 22.8 Å². The molecule has 0 radical (unpaired) electrons. The smallest absolute Gasteiger partial charge is 0.260 e. The molecule has 0 bridgehead atoms. The second kappa shape index (κ2) is 3.60. The molecule has 1 aromatic carbocycles. The number of amides is 2. The van der Waals surface area contributed by atoms with E-state index >= 15 is 0 Å². The van der Waals surface area contributed by atoms with Crippen molar-refractivity contribution in [2.24, 2.45) is 0 Å². The van der Waals surface area contributed by atoms with Gasteiger partial charge in [0.2, 0.25) is 5.91 Å². The lowest BCUT2D eigenvalue weighted by Gasteiger charge is -2.18. The average Bonchev–Trinajstić information content (AvgIpc) is 2.76. The van der Waals surface area contributed by atoms with Gasteiger partial charge >= 0.3 is 0 Å². The van der Waals surface area contributed by atoms with Gasteiger partial charge in [0.1, 0.15) is 6.04 Å². The number of benzene rings is 1. The van der Waals surface area contributed by atoms with E-state index < -0.39 is 6.04 Å². The van der Waals surface area contributed by atoms with Crippen LogP contribution in [0.25, 0.3) is 0 Å². The summed E-state index contributed by atoms with van der Waals surface area (Å²) in [5.41, 5.74) is 0.951. The molecule has 5 heteroatoms. The van der Waals surface area contributed by atoms with Gasteiger partial charge in [0.15, 0.2) is 0 Å². The molecule has 17 heavy (non-hydrogen) atoms. The van der Waals surface area contributed by atoms with Gasteiger partial charge in [-0.15, -0.1) is 0 Å². The molecule has 4 nitrogen and oxygen atoms in total. The van der Waals surface area contributed by atoms with Crippen molar-refractivity contribution in [3.63, 3.8) is 0 Å². The lowest BCUT2D eigenvalue weighted by molar-refractivity contribution is -0.119. The molecule has 2 heterocycles. The van der Waals surface area contributed by atoms with E-state index in [0.717, 1.165) is 0 Å². The number of rotatable bonds is 0. The minimum atomic E-state index is -0.436. The molecule has 2 aliphatic heterocycles. The monoisotopic (exact) mass is 248 g/mol. The highest BCUT2D eigenvalue weighted by molar-refractivity contribution is 6.31. The second-order valence-electron chi connectivity index (χ2n) is 4.03. The van der Waals surface area contributed by atoms with Crippen LogP contribution in [-0.2, 0) is 4.79 Å². The van der Waals surface area contributed by atoms with Crippen LogP contribution in [0.3, 0.4) is 0 Å². The molecule has 0 fully saturated rings. The van der Waals surface area contributed by atoms with E-state index in [1.165, 1.54) is 4.90 Å². The predicted molar refractivity (Wildman–Crippen MR) is 63.8 cm³/mol. The lowest BCUT2D eigenvalue weighted by atomic mass is 10.1. The van der Waals surface area contributed by atoms with Crippen molar-refractivity contribution >= 4 is 29.1 Å². The van der Waals surface area contributed by atoms with E-state index in [-0.39, 0.29) is 11.8 Å². The number of hydrogen-bond acceptors (Lipinski definition) is 2. The fourth-order valence-electron chi connectivity index (χ4n) is 2.12. The minimum Gasteiger partial charge on any atom is -0.324 e. The molecule has 0 spiro atoms. The molecule has 0 aromatic heterocycles. The molecule has 0 saturated heterocycles. The summed E-state index contributed by atoms with van der Waals surface area (Å²) in [5.74, 6) is -0.357. The highest BCUT2D eigenvalue weighted by Gasteiger charge is 2.35. The van der Waals surface area contributed by atoms with Gasteiger partial charge in [0.05, 0.1) is 11.3 Å². The Morgan fingerprint density at radius 2 is 2.18 bits per heavy atom. The average molecular weight is 249 g/mol. The van der Waals surface area contributed by atoms with Gasteiger partial charge in [-0.2, -0.15) is 0 Å². The van der Waals surface area contributed by atoms with Gasteiger partial charge in [-0.05, 0) is 24.6 Å². The van der Waals surface area contributed by atoms with E-state index in [1.807, 2.05) is 6.08 Å². The second-order valence-corrected chi connectivity index (χ2v) is 4.46. The van der Waals surface area contributed by atoms with Crippen LogP contribution in [0.1, 0.15) is 16.8 Å². The Kier molecular flexibility index (Phi) is 2.19. The molecule has 1 N–H and O–H groups in total. The molecule has 86 valence electrons. The summed E-state index contributed by atoms with van der Waals surface area (Å²) in [7, 11) is 0. The first-order chi connectivity index (χ1) is 8.16. The van der Waals surface area contributed by atoms with Crippen LogP contribution in [0, 0.1) is 0 Å². The SMILES string of the molecule is O=C1Nc2ccc(Cl)cc2C(=O)N2C=CCC12. The molecule has 3 rings (SSSR count). The number of carbonyl (C=O) groups is 2. The highest BCUT2D eigenvalue weighted by Crippen LogP contribution is 2.29. The number of nitrogens with one attached hydrogen (secondary N) is 1. The van der Waals surface area contributed by atoms with Crippen molar-refractivity contribution in [1.82, 2.24) is 4.90 Å². The Hall–Kier alpha value is -1.81. The van der Waals surface area contributed by atoms with E-state index in [4.69, 9.17) is 11.6 Å². The van der Waals surface area contributed by atoms with Crippen molar-refractivity contribution in [2.75, 3.05) is 5.32 Å². The van der Waals surface area contributed by atoms with Crippen molar-refractivity contribution in [1.29, 1.82) is 0 Å². The fourth-order valence-corrected chi connectivity index (χ4v) is 2.29. The minimum absolute atomic E-state index is 0.163. The zero-order chi connectivity index (χ0) is 12.0. The third-order valence-electron chi connectivity index (χ3n) is 2.97. The van der Waals surface area contributed by atoms with Gasteiger partial charge in [0, 0.05) is 11.2 Å². The maximum Gasteiger partial charge on any atom is 0.260 e. The van der Waals surface area contributed by atoms with Crippen LogP contribution in [0.2, 0.25) is 5.02 Å². The number of carbonyl (C=O) groups excluding carboxylic acids is 2. The summed E-state index contributed by atoms with van der Waals surface area (Å²) in [4.78, 5) is 25.6. The van der Waals surface area contributed by atoms with E-state index in [2.05, 4.69) is 5.32 Å². The molecular formula is C12H9ClN2O2. The molecule has 1 unspecified atom stereocenters. The summed E-state index contributed by atoms with van der Waals surface area (Å²) in [6.07, 6.45) is 4.03. The van der Waals surface area contributed by atoms with Crippen LogP contribution < -0.4 is 5.32 Å². The van der Waals surface area contributed by atoms with E-state index in [0.29, 0.717) is 22.7 Å². The standard InChI is InChI=1S/C12H9ClN2O2/c13-7-3-4-9-8(6-7)12(17)15-5-1-2-10(15)11(16)14-9/h1,3-6,10H,2H2,(H,14,16). The number of anilines is 1. The van der Waals surface area contributed by atoms with Crippen molar-refractivity contribution in [3.05, 3.63) is 41.1 Å². The first-order valence-electron chi connectivity index (χ1n) is 5.26. The molecule has 0 aliphatic carbocycles. The number of hydrogen-bond donors (Lipinski definition) is 1. The van der Waals surface area contributed by atoms with Crippen LogP contribution in [0.15, 0.2) is 30.5 Å². The van der Waals surface area contributed by atoms with Crippen LogP contribution >= 0.6 is 11.6 Å². The Morgan fingerprint density at radius 3 is 3.00 bits per heavy atom. The fraction of sp³-hybridized carbons (Fsp3) is 0.167. The third-order valence-corrected chi connectivity index (χ3v) is 3.20. The van der Waals surface area contributed by atoms with Gasteiger partial charge < -0.3 is 10.2 Å². The summed E-state index contributed by atoms with van der Waals surface area (Å²) >= 11 is 5.87. The largest absolute Gasteiger partial charge is 0.324 e. The summed E-state index contributed by atoms with van der Waals surface area (Å²) in [6.45, 7) is 0. The molecule has 2 amide bonds. The van der Waals surface area contributed by atoms with Gasteiger partial charge in [0.25, 0.3) is 5.91 Å². The lowest BCUT2D eigenvalue weighted by Crippen LogP contribution is -2.38. The Morgan fingerprint density at radius 1 is 1.35 bits per heavy atom. The van der Waals surface area contributed by atoms with Crippen molar-refractivity contribution in [2.45, 2.75) is 12.5 Å². The zero-order valence-electron chi connectivity index (χ0n) is 8.81. The summed E-state index contributed by atoms with van der Waals surface area (Å²) in [6, 6.07) is 4.45. The maximum absolute atomic E-state index is 12.2. The van der Waals surface area contributed by atoms with Crippen LogP contribution in [0.5, 0.6) is 0 Å². The molecule has 1 atom stereocenters. The highest BCUT2D eigenvalue weighted by atomic mass is 35.5.